The number of rotatable bonds is 3. The second kappa shape index (κ2) is 5.25. The van der Waals surface area contributed by atoms with Gasteiger partial charge in [-0.1, -0.05) is 0 Å². The van der Waals surface area contributed by atoms with Gasteiger partial charge in [0.05, 0.1) is 11.5 Å². The minimum absolute atomic E-state index is 0.302. The summed E-state index contributed by atoms with van der Waals surface area (Å²) in [5.74, 6) is -0.735. The van der Waals surface area contributed by atoms with Gasteiger partial charge in [0.1, 0.15) is 16.4 Å². The summed E-state index contributed by atoms with van der Waals surface area (Å²) in [7, 11) is 0. The second-order valence-corrected chi connectivity index (χ2v) is 7.05. The highest BCUT2D eigenvalue weighted by atomic mass is 32.1. The fourth-order valence-corrected chi connectivity index (χ4v) is 3.10. The van der Waals surface area contributed by atoms with E-state index in [4.69, 9.17) is 9.84 Å². The Kier molecular flexibility index (Phi) is 3.92. The lowest BCUT2D eigenvalue weighted by molar-refractivity contribution is -0.148. The van der Waals surface area contributed by atoms with Crippen LogP contribution >= 0.6 is 11.5 Å². The second-order valence-electron chi connectivity index (χ2n) is 6.30. The first-order chi connectivity index (χ1) is 9.61. The van der Waals surface area contributed by atoms with Crippen molar-refractivity contribution >= 4 is 23.6 Å². The number of carbonyl (C=O) groups excluding carboxylic acids is 1. The predicted molar refractivity (Wildman–Crippen MR) is 76.1 cm³/mol. The maximum Gasteiger partial charge on any atom is 0.408 e. The summed E-state index contributed by atoms with van der Waals surface area (Å²) in [4.78, 5) is 27.3. The van der Waals surface area contributed by atoms with Gasteiger partial charge in [0.2, 0.25) is 0 Å². The molecule has 0 radical (unpaired) electrons. The lowest BCUT2D eigenvalue weighted by Crippen LogP contribution is -2.57. The van der Waals surface area contributed by atoms with Crippen LogP contribution in [0.4, 0.5) is 4.79 Å². The smallest absolute Gasteiger partial charge is 0.408 e. The van der Waals surface area contributed by atoms with Crippen LogP contribution in [0.5, 0.6) is 0 Å². The number of aromatic nitrogens is 2. The molecule has 116 valence electrons. The highest BCUT2D eigenvalue weighted by molar-refractivity contribution is 7.05. The van der Waals surface area contributed by atoms with Gasteiger partial charge in [-0.25, -0.2) is 9.78 Å². The predicted octanol–water partition coefficient (Wildman–Crippen LogP) is 2.06. The summed E-state index contributed by atoms with van der Waals surface area (Å²) in [6, 6.07) is 0. The molecule has 0 spiro atoms. The van der Waals surface area contributed by atoms with Gasteiger partial charge in [0, 0.05) is 0 Å². The monoisotopic (exact) mass is 313 g/mol. The van der Waals surface area contributed by atoms with E-state index in [9.17, 15) is 9.59 Å². The van der Waals surface area contributed by atoms with Crippen LogP contribution in [0, 0.1) is 12.8 Å². The van der Waals surface area contributed by atoms with Crippen molar-refractivity contribution in [1.82, 2.24) is 14.7 Å². The number of hydrogen-bond donors (Lipinski definition) is 2. The molecule has 0 bridgehead atoms. The molecule has 0 aromatic carbocycles. The Morgan fingerprint density at radius 2 is 2.05 bits per heavy atom. The zero-order chi connectivity index (χ0) is 15.8. The Hall–Kier alpha value is -1.70. The maximum atomic E-state index is 12.0. The molecule has 1 fully saturated rings. The number of ether oxygens (including phenoxy) is 1. The molecule has 0 unspecified atom stereocenters. The fraction of sp³-hybridized carbons (Fsp3) is 0.692. The number of alkyl carbamates (subject to hydrolysis) is 1. The number of nitrogens with one attached hydrogen (secondary N) is 1. The number of amides is 1. The molecule has 1 heterocycles. The molecule has 1 amide bonds. The maximum absolute atomic E-state index is 12.0. The van der Waals surface area contributed by atoms with E-state index >= 15 is 0 Å². The molecule has 1 aliphatic carbocycles. The first-order valence-corrected chi connectivity index (χ1v) is 7.43. The topological polar surface area (TPSA) is 101 Å². The van der Waals surface area contributed by atoms with Gasteiger partial charge >= 0.3 is 12.1 Å². The molecule has 8 heteroatoms. The van der Waals surface area contributed by atoms with E-state index < -0.39 is 29.1 Å². The molecule has 1 aromatic heterocycles. The number of aliphatic carboxylic acids is 1. The Morgan fingerprint density at radius 1 is 1.43 bits per heavy atom. The van der Waals surface area contributed by atoms with Crippen molar-refractivity contribution in [2.45, 2.75) is 51.7 Å². The molecule has 21 heavy (non-hydrogen) atoms. The van der Waals surface area contributed by atoms with Crippen molar-refractivity contribution in [1.29, 1.82) is 0 Å². The highest BCUT2D eigenvalue weighted by Gasteiger charge is 2.52. The van der Waals surface area contributed by atoms with Crippen molar-refractivity contribution in [2.75, 3.05) is 0 Å². The van der Waals surface area contributed by atoms with E-state index in [1.165, 1.54) is 11.5 Å². The molecule has 7 nitrogen and oxygen atoms in total. The molecule has 0 saturated heterocycles. The minimum Gasteiger partial charge on any atom is -0.481 e. The zero-order valence-electron chi connectivity index (χ0n) is 12.5. The summed E-state index contributed by atoms with van der Waals surface area (Å²) < 4.78 is 9.36. The van der Waals surface area contributed by atoms with E-state index in [1.807, 2.05) is 0 Å². The number of nitrogens with zero attached hydrogens (tertiary/aromatic N) is 2. The van der Waals surface area contributed by atoms with Crippen LogP contribution in [0.1, 0.15) is 44.4 Å². The minimum atomic E-state index is -0.863. The first-order valence-electron chi connectivity index (χ1n) is 6.66. The normalized spacial score (nSPS) is 25.0. The van der Waals surface area contributed by atoms with Crippen molar-refractivity contribution in [3.8, 4) is 0 Å². The molecular weight excluding hydrogens is 294 g/mol. The van der Waals surface area contributed by atoms with Crippen LogP contribution in [-0.4, -0.2) is 32.1 Å². The quantitative estimate of drug-likeness (QED) is 0.885. The molecular formula is C13H19N3O4S. The number of aryl methyl sites for hydroxylation is 1. The third kappa shape index (κ3) is 3.49. The average Bonchev–Trinajstić information content (AvgIpc) is 2.66. The van der Waals surface area contributed by atoms with Crippen LogP contribution < -0.4 is 5.32 Å². The van der Waals surface area contributed by atoms with Crippen LogP contribution in [0.25, 0.3) is 0 Å². The molecule has 1 saturated carbocycles. The molecule has 2 rings (SSSR count). The Labute approximate surface area is 126 Å². The third-order valence-corrected chi connectivity index (χ3v) is 4.23. The van der Waals surface area contributed by atoms with Gasteiger partial charge in [-0.2, -0.15) is 4.37 Å². The van der Waals surface area contributed by atoms with E-state index in [2.05, 4.69) is 14.7 Å². The lowest BCUT2D eigenvalue weighted by Gasteiger charge is -2.44. The largest absolute Gasteiger partial charge is 0.481 e. The van der Waals surface area contributed by atoms with Gasteiger partial charge in [-0.05, 0) is 52.1 Å². The van der Waals surface area contributed by atoms with Crippen LogP contribution in [0.15, 0.2) is 0 Å². The van der Waals surface area contributed by atoms with Crippen LogP contribution in [0.2, 0.25) is 0 Å². The number of carbonyl (C=O) groups is 2. The van der Waals surface area contributed by atoms with E-state index in [1.54, 1.807) is 27.7 Å². The van der Waals surface area contributed by atoms with Crippen LogP contribution in [-0.2, 0) is 15.1 Å². The van der Waals surface area contributed by atoms with Crippen molar-refractivity contribution in [3.63, 3.8) is 0 Å². The molecule has 1 aromatic rings. The van der Waals surface area contributed by atoms with Gasteiger partial charge in [-0.3, -0.25) is 4.79 Å². The molecule has 1 aliphatic rings. The molecule has 0 atom stereocenters. The summed E-state index contributed by atoms with van der Waals surface area (Å²) in [6.07, 6.45) is 0.0334. The van der Waals surface area contributed by atoms with E-state index in [0.29, 0.717) is 23.7 Å². The van der Waals surface area contributed by atoms with Gasteiger partial charge in [0.25, 0.3) is 0 Å². The van der Waals surface area contributed by atoms with Crippen molar-refractivity contribution in [3.05, 3.63) is 10.8 Å². The molecule has 2 N–H and O–H groups in total. The number of carboxylic acids is 1. The zero-order valence-corrected chi connectivity index (χ0v) is 13.3. The number of hydrogen-bond acceptors (Lipinski definition) is 6. The summed E-state index contributed by atoms with van der Waals surface area (Å²) in [5.41, 5.74) is -1.39. The van der Waals surface area contributed by atoms with Crippen molar-refractivity contribution in [2.24, 2.45) is 5.92 Å². The Bertz CT molecular complexity index is 558. The Morgan fingerprint density at radius 3 is 2.48 bits per heavy atom. The van der Waals surface area contributed by atoms with Crippen molar-refractivity contribution < 1.29 is 19.4 Å². The first kappa shape index (κ1) is 15.7. The fourth-order valence-electron chi connectivity index (χ4n) is 2.28. The molecule has 0 aliphatic heterocycles. The van der Waals surface area contributed by atoms with Crippen LogP contribution in [0.3, 0.4) is 0 Å². The van der Waals surface area contributed by atoms with E-state index in [-0.39, 0.29) is 0 Å². The van der Waals surface area contributed by atoms with Gasteiger partial charge < -0.3 is 15.2 Å². The summed E-state index contributed by atoms with van der Waals surface area (Å²) in [5, 5.41) is 12.5. The van der Waals surface area contributed by atoms with Gasteiger partial charge in [0.15, 0.2) is 0 Å². The summed E-state index contributed by atoms with van der Waals surface area (Å²) in [6.45, 7) is 7.08. The summed E-state index contributed by atoms with van der Waals surface area (Å²) >= 11 is 1.18. The third-order valence-electron chi connectivity index (χ3n) is 3.22. The lowest BCUT2D eigenvalue weighted by atomic mass is 9.68. The average molecular weight is 313 g/mol. The van der Waals surface area contributed by atoms with E-state index in [0.717, 1.165) is 0 Å². The Balaban J connectivity index is 2.15. The number of carboxylic acid groups (broad SMARTS) is 1. The SMILES string of the molecule is Cc1nsc(C2(NC(=O)OC(C)(C)C)CC(C(=O)O)C2)n1. The highest BCUT2D eigenvalue weighted by Crippen LogP contribution is 2.46. The van der Waals surface area contributed by atoms with Gasteiger partial charge in [-0.15, -0.1) is 0 Å². The standard InChI is InChI=1S/C13H19N3O4S/c1-7-14-10(21-16-7)13(5-8(6-13)9(17)18)15-11(19)20-12(2,3)4/h8H,5-6H2,1-4H3,(H,15,19)(H,17,18).